The van der Waals surface area contributed by atoms with Crippen molar-refractivity contribution in [3.8, 4) is 0 Å². The molecule has 0 saturated heterocycles. The Kier molecular flexibility index (Phi) is 4.40. The van der Waals surface area contributed by atoms with Gasteiger partial charge in [-0.3, -0.25) is 4.57 Å². The highest BCUT2D eigenvalue weighted by Crippen LogP contribution is 2.35. The van der Waals surface area contributed by atoms with Crippen LogP contribution in [0.25, 0.3) is 0 Å². The van der Waals surface area contributed by atoms with Gasteiger partial charge in [-0.25, -0.2) is 4.98 Å². The summed E-state index contributed by atoms with van der Waals surface area (Å²) < 4.78 is 63.4. The third-order valence-corrected chi connectivity index (χ3v) is 3.74. The Labute approximate surface area is 121 Å². The summed E-state index contributed by atoms with van der Waals surface area (Å²) in [5.41, 5.74) is 4.66. The number of anilines is 1. The molecule has 9 heteroatoms. The predicted molar refractivity (Wildman–Crippen MR) is 68.9 cm³/mol. The molecule has 0 bridgehead atoms. The minimum Gasteiger partial charge on any atom is -0.398 e. The van der Waals surface area contributed by atoms with Crippen molar-refractivity contribution < 1.29 is 22.0 Å². The van der Waals surface area contributed by atoms with Crippen LogP contribution in [0.1, 0.15) is 17.9 Å². The number of thioether (sulfide) groups is 1. The van der Waals surface area contributed by atoms with Gasteiger partial charge in [0.25, 0.3) is 0 Å². The van der Waals surface area contributed by atoms with Crippen molar-refractivity contribution in [2.24, 2.45) is 0 Å². The highest BCUT2D eigenvalue weighted by molar-refractivity contribution is 7.98. The maximum atomic E-state index is 12.6. The van der Waals surface area contributed by atoms with Crippen molar-refractivity contribution in [3.63, 3.8) is 0 Å². The van der Waals surface area contributed by atoms with Gasteiger partial charge in [0.2, 0.25) is 0 Å². The molecule has 0 spiro atoms. The van der Waals surface area contributed by atoms with E-state index in [1.165, 1.54) is 12.3 Å². The molecule has 21 heavy (non-hydrogen) atoms. The number of nitrogen functional groups attached to an aromatic ring is 1. The minimum absolute atomic E-state index is 0.0509. The van der Waals surface area contributed by atoms with E-state index in [0.29, 0.717) is 9.46 Å². The van der Waals surface area contributed by atoms with Crippen molar-refractivity contribution in [1.82, 2.24) is 9.55 Å². The monoisotopic (exact) mass is 323 g/mol. The smallest absolute Gasteiger partial charge is 0.398 e. The van der Waals surface area contributed by atoms with Gasteiger partial charge in [-0.1, -0.05) is 0 Å². The highest BCUT2D eigenvalue weighted by atomic mass is 32.2. The summed E-state index contributed by atoms with van der Waals surface area (Å²) in [7, 11) is 0. The van der Waals surface area contributed by atoms with E-state index >= 15 is 0 Å². The zero-order valence-electron chi connectivity index (χ0n) is 10.4. The van der Waals surface area contributed by atoms with Gasteiger partial charge in [0.1, 0.15) is 5.82 Å². The molecule has 0 saturated carbocycles. The van der Waals surface area contributed by atoms with Crippen LogP contribution in [0.3, 0.4) is 0 Å². The molecule has 2 N–H and O–H groups in total. The van der Waals surface area contributed by atoms with Crippen LogP contribution >= 0.6 is 11.8 Å². The molecular weight excluding hydrogens is 313 g/mol. The van der Waals surface area contributed by atoms with Crippen molar-refractivity contribution >= 4 is 17.4 Å². The van der Waals surface area contributed by atoms with Crippen molar-refractivity contribution in [2.45, 2.75) is 23.4 Å². The van der Waals surface area contributed by atoms with Gasteiger partial charge in [0.05, 0.1) is 11.3 Å². The molecule has 1 heterocycles. The molecule has 0 unspecified atom stereocenters. The zero-order valence-corrected chi connectivity index (χ0v) is 11.3. The van der Waals surface area contributed by atoms with Crippen LogP contribution in [0, 0.1) is 0 Å². The summed E-state index contributed by atoms with van der Waals surface area (Å²) in [4.78, 5) is 4.16. The summed E-state index contributed by atoms with van der Waals surface area (Å²) in [6.07, 6.45) is -2.10. The third kappa shape index (κ3) is 3.66. The van der Waals surface area contributed by atoms with Gasteiger partial charge in [0.15, 0.2) is 0 Å². The average molecular weight is 323 g/mol. The Bertz CT molecular complexity index is 624. The van der Waals surface area contributed by atoms with E-state index in [4.69, 9.17) is 5.73 Å². The Morgan fingerprint density at radius 1 is 1.29 bits per heavy atom. The second-order valence-electron chi connectivity index (χ2n) is 4.07. The number of aromatic nitrogens is 2. The Balaban J connectivity index is 2.12. The van der Waals surface area contributed by atoms with E-state index in [9.17, 15) is 22.0 Å². The number of benzene rings is 1. The summed E-state index contributed by atoms with van der Waals surface area (Å²) in [6.45, 7) is -2.71. The van der Waals surface area contributed by atoms with Crippen LogP contribution < -0.4 is 5.73 Å². The largest absolute Gasteiger partial charge is 0.416 e. The lowest BCUT2D eigenvalue weighted by molar-refractivity contribution is -0.137. The van der Waals surface area contributed by atoms with Crippen LogP contribution in [-0.4, -0.2) is 9.55 Å². The average Bonchev–Trinajstić information content (AvgIpc) is 2.84. The first-order chi connectivity index (χ1) is 9.79. The number of nitrogens with two attached hydrogens (primary N) is 1. The fraction of sp³-hybridized carbons (Fsp3) is 0.250. The lowest BCUT2D eigenvalue weighted by Crippen LogP contribution is -2.06. The SMILES string of the molecule is Nc1cc(C(F)(F)F)ccc1SCc1nccn1C(F)F. The lowest BCUT2D eigenvalue weighted by Gasteiger charge is -2.11. The van der Waals surface area contributed by atoms with Gasteiger partial charge in [-0.05, 0) is 18.2 Å². The standard InChI is InChI=1S/C12H10F5N3S/c13-11(14)20-4-3-19-10(20)6-21-9-2-1-7(5-8(9)18)12(15,16)17/h1-5,11H,6,18H2. The molecule has 114 valence electrons. The summed E-state index contributed by atoms with van der Waals surface area (Å²) in [6, 6.07) is 2.94. The fourth-order valence-electron chi connectivity index (χ4n) is 1.63. The maximum Gasteiger partial charge on any atom is 0.416 e. The second kappa shape index (κ2) is 5.92. The van der Waals surface area contributed by atoms with E-state index in [0.717, 1.165) is 30.1 Å². The number of hydrogen-bond donors (Lipinski definition) is 1. The Morgan fingerprint density at radius 3 is 2.57 bits per heavy atom. The maximum absolute atomic E-state index is 12.6. The third-order valence-electron chi connectivity index (χ3n) is 2.65. The van der Waals surface area contributed by atoms with E-state index in [1.54, 1.807) is 0 Å². The quantitative estimate of drug-likeness (QED) is 0.522. The van der Waals surface area contributed by atoms with Crippen LogP contribution in [0.4, 0.5) is 27.6 Å². The first-order valence-electron chi connectivity index (χ1n) is 5.68. The van der Waals surface area contributed by atoms with Gasteiger partial charge >= 0.3 is 12.7 Å². The Morgan fingerprint density at radius 2 is 2.00 bits per heavy atom. The molecule has 1 aromatic heterocycles. The molecule has 0 aliphatic rings. The first-order valence-corrected chi connectivity index (χ1v) is 6.67. The molecule has 0 atom stereocenters. The van der Waals surface area contributed by atoms with E-state index in [1.807, 2.05) is 0 Å². The molecule has 3 nitrogen and oxygen atoms in total. The van der Waals surface area contributed by atoms with E-state index < -0.39 is 18.3 Å². The highest BCUT2D eigenvalue weighted by Gasteiger charge is 2.30. The molecule has 0 aliphatic carbocycles. The number of halogens is 5. The van der Waals surface area contributed by atoms with E-state index in [2.05, 4.69) is 4.98 Å². The van der Waals surface area contributed by atoms with Gasteiger partial charge < -0.3 is 5.73 Å². The second-order valence-corrected chi connectivity index (χ2v) is 5.08. The van der Waals surface area contributed by atoms with Gasteiger partial charge in [0, 0.05) is 23.0 Å². The zero-order chi connectivity index (χ0) is 15.6. The summed E-state index contributed by atoms with van der Waals surface area (Å²) >= 11 is 1.05. The van der Waals surface area contributed by atoms with E-state index in [-0.39, 0.29) is 17.3 Å². The van der Waals surface area contributed by atoms with Gasteiger partial charge in [-0.15, -0.1) is 11.8 Å². The molecule has 0 fully saturated rings. The van der Waals surface area contributed by atoms with Crippen molar-refractivity contribution in [2.75, 3.05) is 5.73 Å². The molecule has 0 radical (unpaired) electrons. The number of imidazole rings is 1. The van der Waals surface area contributed by atoms with Crippen LogP contribution in [0.15, 0.2) is 35.5 Å². The van der Waals surface area contributed by atoms with Gasteiger partial charge in [-0.2, -0.15) is 22.0 Å². The van der Waals surface area contributed by atoms with Crippen LogP contribution in [0.5, 0.6) is 0 Å². The summed E-state index contributed by atoms with van der Waals surface area (Å²) in [5.74, 6) is 0.196. The number of hydrogen-bond acceptors (Lipinski definition) is 3. The summed E-state index contributed by atoms with van der Waals surface area (Å²) in [5, 5.41) is 0. The number of alkyl halides is 5. The lowest BCUT2D eigenvalue weighted by atomic mass is 10.2. The number of nitrogens with zero attached hydrogens (tertiary/aromatic N) is 2. The molecule has 2 rings (SSSR count). The molecular formula is C12H10F5N3S. The first kappa shape index (κ1) is 15.6. The topological polar surface area (TPSA) is 43.8 Å². The molecule has 0 aliphatic heterocycles. The molecule has 0 amide bonds. The van der Waals surface area contributed by atoms with Crippen molar-refractivity contribution in [1.29, 1.82) is 0 Å². The van der Waals surface area contributed by atoms with Crippen LogP contribution in [-0.2, 0) is 11.9 Å². The minimum atomic E-state index is -4.47. The van der Waals surface area contributed by atoms with Crippen molar-refractivity contribution in [3.05, 3.63) is 42.0 Å². The molecule has 2 aromatic rings. The number of rotatable bonds is 4. The van der Waals surface area contributed by atoms with Crippen LogP contribution in [0.2, 0.25) is 0 Å². The Hall–Kier alpha value is -1.77. The fourth-order valence-corrected chi connectivity index (χ4v) is 2.53. The predicted octanol–water partition coefficient (Wildman–Crippen LogP) is 4.17. The molecule has 1 aromatic carbocycles. The normalized spacial score (nSPS) is 12.1.